The number of aliphatic carboxylic acids is 1. The molecule has 1 fully saturated rings. The highest BCUT2D eigenvalue weighted by Crippen LogP contribution is 2.23. The van der Waals surface area contributed by atoms with Gasteiger partial charge in [-0.15, -0.1) is 0 Å². The molecule has 1 aliphatic rings. The summed E-state index contributed by atoms with van der Waals surface area (Å²) in [6.07, 6.45) is 0.694. The molecule has 0 bridgehead atoms. The number of nitrogens with zero attached hydrogens (tertiary/aromatic N) is 1. The summed E-state index contributed by atoms with van der Waals surface area (Å²) < 4.78 is 5.10. The van der Waals surface area contributed by atoms with Crippen LogP contribution in [0.1, 0.15) is 18.4 Å². The first-order chi connectivity index (χ1) is 8.61. The number of rotatable bonds is 4. The maximum atomic E-state index is 11.7. The van der Waals surface area contributed by atoms with Crippen molar-refractivity contribution in [3.63, 3.8) is 0 Å². The lowest BCUT2D eigenvalue weighted by Crippen LogP contribution is -2.37. The van der Waals surface area contributed by atoms with E-state index in [0.29, 0.717) is 25.1 Å². The Kier molecular flexibility index (Phi) is 3.50. The van der Waals surface area contributed by atoms with Crippen molar-refractivity contribution in [2.45, 2.75) is 25.4 Å². The first kappa shape index (κ1) is 12.4. The minimum Gasteiger partial charge on any atom is -0.497 e. The van der Waals surface area contributed by atoms with E-state index in [1.54, 1.807) is 7.11 Å². The second-order valence-electron chi connectivity index (χ2n) is 4.27. The van der Waals surface area contributed by atoms with Crippen LogP contribution in [0.2, 0.25) is 0 Å². The number of carboxylic acids is 1. The third kappa shape index (κ3) is 2.45. The van der Waals surface area contributed by atoms with Crippen molar-refractivity contribution in [2.24, 2.45) is 0 Å². The predicted octanol–water partition coefficient (Wildman–Crippen LogP) is 1.27. The molecule has 0 radical (unpaired) electrons. The molecule has 0 aliphatic carbocycles. The molecule has 5 heteroatoms. The number of carbonyl (C=O) groups excluding carboxylic acids is 1. The summed E-state index contributed by atoms with van der Waals surface area (Å²) in [5.41, 5.74) is 0.871. The Hall–Kier alpha value is -2.04. The SMILES string of the molecule is COc1cccc(CN2C(=O)CCC2C(=O)O)c1. The van der Waals surface area contributed by atoms with Gasteiger partial charge >= 0.3 is 5.97 Å². The van der Waals surface area contributed by atoms with E-state index in [2.05, 4.69) is 0 Å². The molecule has 1 aromatic carbocycles. The minimum atomic E-state index is -0.941. The number of carboxylic acid groups (broad SMARTS) is 1. The van der Waals surface area contributed by atoms with Gasteiger partial charge in [-0.05, 0) is 24.1 Å². The zero-order valence-corrected chi connectivity index (χ0v) is 10.1. The maximum Gasteiger partial charge on any atom is 0.326 e. The Morgan fingerprint density at radius 3 is 3.00 bits per heavy atom. The minimum absolute atomic E-state index is 0.106. The molecule has 1 atom stereocenters. The van der Waals surface area contributed by atoms with Crippen molar-refractivity contribution in [1.82, 2.24) is 4.90 Å². The van der Waals surface area contributed by atoms with Crippen molar-refractivity contribution in [1.29, 1.82) is 0 Å². The monoisotopic (exact) mass is 249 g/mol. The lowest BCUT2D eigenvalue weighted by molar-refractivity contribution is -0.146. The third-order valence-corrected chi connectivity index (χ3v) is 3.10. The Morgan fingerprint density at radius 2 is 2.33 bits per heavy atom. The fourth-order valence-electron chi connectivity index (χ4n) is 2.16. The van der Waals surface area contributed by atoms with E-state index in [-0.39, 0.29) is 5.91 Å². The molecule has 0 aromatic heterocycles. The lowest BCUT2D eigenvalue weighted by Gasteiger charge is -2.21. The molecule has 5 nitrogen and oxygen atoms in total. The van der Waals surface area contributed by atoms with Gasteiger partial charge in [-0.2, -0.15) is 0 Å². The topological polar surface area (TPSA) is 66.8 Å². The Labute approximate surface area is 105 Å². The number of likely N-dealkylation sites (tertiary alicyclic amines) is 1. The summed E-state index contributed by atoms with van der Waals surface area (Å²) >= 11 is 0. The van der Waals surface area contributed by atoms with Crippen LogP contribution in [0.25, 0.3) is 0 Å². The molecule has 0 spiro atoms. The second kappa shape index (κ2) is 5.08. The summed E-state index contributed by atoms with van der Waals surface area (Å²) in [4.78, 5) is 24.1. The molecule has 1 N–H and O–H groups in total. The van der Waals surface area contributed by atoms with Crippen LogP contribution in [0.15, 0.2) is 24.3 Å². The van der Waals surface area contributed by atoms with Gasteiger partial charge in [0, 0.05) is 13.0 Å². The van der Waals surface area contributed by atoms with Crippen molar-refractivity contribution in [3.05, 3.63) is 29.8 Å². The largest absolute Gasteiger partial charge is 0.497 e. The first-order valence-electron chi connectivity index (χ1n) is 5.77. The number of ether oxygens (including phenoxy) is 1. The van der Waals surface area contributed by atoms with Crippen LogP contribution in [-0.2, 0) is 16.1 Å². The average molecular weight is 249 g/mol. The standard InChI is InChI=1S/C13H15NO4/c1-18-10-4-2-3-9(7-10)8-14-11(13(16)17)5-6-12(14)15/h2-4,7,11H,5-6,8H2,1H3,(H,16,17). The summed E-state index contributed by atoms with van der Waals surface area (Å²) in [6.45, 7) is 0.312. The zero-order chi connectivity index (χ0) is 13.1. The molecular weight excluding hydrogens is 234 g/mol. The summed E-state index contributed by atoms with van der Waals surface area (Å²) in [7, 11) is 1.57. The highest BCUT2D eigenvalue weighted by molar-refractivity contribution is 5.87. The zero-order valence-electron chi connectivity index (χ0n) is 10.1. The van der Waals surface area contributed by atoms with Gasteiger partial charge in [0.1, 0.15) is 11.8 Å². The van der Waals surface area contributed by atoms with Crippen molar-refractivity contribution in [3.8, 4) is 5.75 Å². The Bertz CT molecular complexity index is 472. The highest BCUT2D eigenvalue weighted by atomic mass is 16.5. The molecule has 18 heavy (non-hydrogen) atoms. The molecular formula is C13H15NO4. The van der Waals surface area contributed by atoms with Gasteiger partial charge in [0.25, 0.3) is 0 Å². The van der Waals surface area contributed by atoms with E-state index in [1.807, 2.05) is 24.3 Å². The molecule has 1 aliphatic heterocycles. The van der Waals surface area contributed by atoms with Crippen molar-refractivity contribution < 1.29 is 19.4 Å². The summed E-state index contributed by atoms with van der Waals surface area (Å²) in [5.74, 6) is -0.347. The van der Waals surface area contributed by atoms with E-state index in [4.69, 9.17) is 9.84 Å². The van der Waals surface area contributed by atoms with Crippen LogP contribution in [0.5, 0.6) is 5.75 Å². The van der Waals surface area contributed by atoms with E-state index in [9.17, 15) is 9.59 Å². The van der Waals surface area contributed by atoms with Crippen molar-refractivity contribution in [2.75, 3.05) is 7.11 Å². The summed E-state index contributed by atoms with van der Waals surface area (Å²) in [5, 5.41) is 9.06. The number of hydrogen-bond donors (Lipinski definition) is 1. The molecule has 1 saturated heterocycles. The van der Waals surface area contributed by atoms with Gasteiger partial charge in [-0.3, -0.25) is 4.79 Å². The third-order valence-electron chi connectivity index (χ3n) is 3.10. The van der Waals surface area contributed by atoms with Gasteiger partial charge in [0.2, 0.25) is 5.91 Å². The van der Waals surface area contributed by atoms with Crippen LogP contribution >= 0.6 is 0 Å². The lowest BCUT2D eigenvalue weighted by atomic mass is 10.1. The van der Waals surface area contributed by atoms with Crippen LogP contribution in [0.4, 0.5) is 0 Å². The molecule has 1 heterocycles. The quantitative estimate of drug-likeness (QED) is 0.872. The van der Waals surface area contributed by atoms with E-state index < -0.39 is 12.0 Å². The van der Waals surface area contributed by atoms with Gasteiger partial charge in [0.05, 0.1) is 7.11 Å². The van der Waals surface area contributed by atoms with Gasteiger partial charge < -0.3 is 14.7 Å². The van der Waals surface area contributed by atoms with Crippen LogP contribution in [-0.4, -0.2) is 35.0 Å². The summed E-state index contributed by atoms with van der Waals surface area (Å²) in [6, 6.07) is 6.59. The first-order valence-corrected chi connectivity index (χ1v) is 5.77. The fourth-order valence-corrected chi connectivity index (χ4v) is 2.16. The number of amides is 1. The van der Waals surface area contributed by atoms with Crippen LogP contribution in [0.3, 0.4) is 0 Å². The molecule has 2 rings (SSSR count). The second-order valence-corrected chi connectivity index (χ2v) is 4.27. The predicted molar refractivity (Wildman–Crippen MR) is 64.2 cm³/mol. The normalized spacial score (nSPS) is 19.1. The molecule has 1 unspecified atom stereocenters. The molecule has 0 saturated carbocycles. The molecule has 96 valence electrons. The van der Waals surface area contributed by atoms with Gasteiger partial charge in [0.15, 0.2) is 0 Å². The highest BCUT2D eigenvalue weighted by Gasteiger charge is 2.35. The van der Waals surface area contributed by atoms with Gasteiger partial charge in [-0.25, -0.2) is 4.79 Å². The number of benzene rings is 1. The smallest absolute Gasteiger partial charge is 0.326 e. The van der Waals surface area contributed by atoms with E-state index in [1.165, 1.54) is 4.90 Å². The Morgan fingerprint density at radius 1 is 1.56 bits per heavy atom. The van der Waals surface area contributed by atoms with Crippen molar-refractivity contribution >= 4 is 11.9 Å². The number of hydrogen-bond acceptors (Lipinski definition) is 3. The number of carbonyl (C=O) groups is 2. The average Bonchev–Trinajstić information content (AvgIpc) is 2.71. The molecule has 1 aromatic rings. The van der Waals surface area contributed by atoms with E-state index in [0.717, 1.165) is 5.56 Å². The maximum absolute atomic E-state index is 11.7. The van der Waals surface area contributed by atoms with Gasteiger partial charge in [-0.1, -0.05) is 12.1 Å². The van der Waals surface area contributed by atoms with Crippen LogP contribution in [0, 0.1) is 0 Å². The fraction of sp³-hybridized carbons (Fsp3) is 0.385. The van der Waals surface area contributed by atoms with Crippen LogP contribution < -0.4 is 4.74 Å². The Balaban J connectivity index is 2.16. The molecule has 1 amide bonds. The van der Waals surface area contributed by atoms with E-state index >= 15 is 0 Å². The number of methoxy groups -OCH3 is 1.